The van der Waals surface area contributed by atoms with E-state index in [9.17, 15) is 14.3 Å². The van der Waals surface area contributed by atoms with Gasteiger partial charge in [-0.3, -0.25) is 4.79 Å². The summed E-state index contributed by atoms with van der Waals surface area (Å²) in [5.41, 5.74) is 0.192. The van der Waals surface area contributed by atoms with E-state index in [4.69, 9.17) is 9.26 Å². The monoisotopic (exact) mass is 334 g/mol. The maximum absolute atomic E-state index is 13.3. The minimum absolute atomic E-state index is 0.192. The summed E-state index contributed by atoms with van der Waals surface area (Å²) < 4.78 is 23.7. The highest BCUT2D eigenvalue weighted by Crippen LogP contribution is 2.28. The van der Waals surface area contributed by atoms with Gasteiger partial charge in [0.15, 0.2) is 5.69 Å². The molecule has 0 spiro atoms. The Hall–Kier alpha value is -2.41. The second kappa shape index (κ2) is 7.00. The third-order valence-electron chi connectivity index (χ3n) is 4.32. The molecule has 24 heavy (non-hydrogen) atoms. The van der Waals surface area contributed by atoms with Crippen molar-refractivity contribution in [1.82, 2.24) is 10.1 Å². The molecular formula is C17H19FN2O4. The molecule has 0 aliphatic heterocycles. The summed E-state index contributed by atoms with van der Waals surface area (Å²) >= 11 is 0. The lowest BCUT2D eigenvalue weighted by Gasteiger charge is -2.39. The first-order chi connectivity index (χ1) is 11.6. The van der Waals surface area contributed by atoms with Gasteiger partial charge in [0.1, 0.15) is 30.0 Å². The first-order valence-corrected chi connectivity index (χ1v) is 7.84. The van der Waals surface area contributed by atoms with Gasteiger partial charge in [-0.1, -0.05) is 11.2 Å². The molecule has 1 aromatic carbocycles. The Kier molecular flexibility index (Phi) is 4.80. The van der Waals surface area contributed by atoms with Crippen LogP contribution in [0, 0.1) is 5.82 Å². The van der Waals surface area contributed by atoms with Crippen LogP contribution in [0.5, 0.6) is 5.75 Å². The fourth-order valence-corrected chi connectivity index (χ4v) is 3.04. The van der Waals surface area contributed by atoms with Crippen LogP contribution < -0.4 is 4.74 Å². The molecule has 3 rings (SSSR count). The molecule has 2 aromatic rings. The van der Waals surface area contributed by atoms with Crippen LogP contribution >= 0.6 is 0 Å². The number of benzene rings is 1. The zero-order chi connectivity index (χ0) is 17.1. The molecular weight excluding hydrogens is 315 g/mol. The molecule has 1 aromatic heterocycles. The van der Waals surface area contributed by atoms with Crippen molar-refractivity contribution in [2.45, 2.75) is 37.5 Å². The van der Waals surface area contributed by atoms with Crippen molar-refractivity contribution in [3.05, 3.63) is 48.1 Å². The molecule has 1 heterocycles. The molecule has 0 bridgehead atoms. The summed E-state index contributed by atoms with van der Waals surface area (Å²) in [5.74, 6) is -0.350. The molecule has 0 radical (unpaired) electrons. The Labute approximate surface area is 138 Å². The minimum atomic E-state index is -0.872. The Bertz CT molecular complexity index is 692. The lowest BCUT2D eigenvalue weighted by Crippen LogP contribution is -2.53. The Balaban J connectivity index is 1.70. The molecule has 6 nitrogen and oxygen atoms in total. The van der Waals surface area contributed by atoms with Crippen LogP contribution in [-0.4, -0.2) is 46.4 Å². The first kappa shape index (κ1) is 16.4. The zero-order valence-corrected chi connectivity index (χ0v) is 13.3. The van der Waals surface area contributed by atoms with E-state index in [1.165, 1.54) is 29.4 Å². The number of nitrogens with zero attached hydrogens (tertiary/aromatic N) is 2. The lowest BCUT2D eigenvalue weighted by molar-refractivity contribution is -0.0415. The molecule has 0 unspecified atom stereocenters. The summed E-state index contributed by atoms with van der Waals surface area (Å²) in [7, 11) is 1.62. The van der Waals surface area contributed by atoms with E-state index in [2.05, 4.69) is 5.16 Å². The third-order valence-corrected chi connectivity index (χ3v) is 4.32. The van der Waals surface area contributed by atoms with E-state index in [-0.39, 0.29) is 11.6 Å². The van der Waals surface area contributed by atoms with Gasteiger partial charge < -0.3 is 19.3 Å². The number of aromatic nitrogens is 1. The quantitative estimate of drug-likeness (QED) is 0.928. The second-order valence-electron chi connectivity index (χ2n) is 5.90. The summed E-state index contributed by atoms with van der Waals surface area (Å²) in [6, 6.07) is 6.88. The first-order valence-electron chi connectivity index (χ1n) is 7.84. The van der Waals surface area contributed by atoms with Crippen molar-refractivity contribution < 1.29 is 23.6 Å². The number of aliphatic hydroxyl groups is 1. The van der Waals surface area contributed by atoms with Crippen LogP contribution in [0.1, 0.15) is 29.8 Å². The van der Waals surface area contributed by atoms with Gasteiger partial charge in [-0.05, 0) is 31.4 Å². The number of carbonyl (C=O) groups is 1. The predicted octanol–water partition coefficient (Wildman–Crippen LogP) is 2.25. The van der Waals surface area contributed by atoms with Crippen LogP contribution in [0.4, 0.5) is 4.39 Å². The van der Waals surface area contributed by atoms with E-state index < -0.39 is 24.1 Å². The molecule has 3 atom stereocenters. The maximum atomic E-state index is 13.3. The van der Waals surface area contributed by atoms with Gasteiger partial charge in [0.25, 0.3) is 5.91 Å². The topological polar surface area (TPSA) is 75.8 Å². The van der Waals surface area contributed by atoms with Crippen molar-refractivity contribution in [3.8, 4) is 5.75 Å². The largest absolute Gasteiger partial charge is 0.488 e. The Morgan fingerprint density at radius 3 is 2.96 bits per heavy atom. The number of rotatable bonds is 4. The predicted molar refractivity (Wildman–Crippen MR) is 83.1 cm³/mol. The average Bonchev–Trinajstić information content (AvgIpc) is 3.10. The number of ether oxygens (including phenoxy) is 1. The van der Waals surface area contributed by atoms with E-state index in [1.807, 2.05) is 0 Å². The molecule has 128 valence electrons. The number of aliphatic hydroxyl groups excluding tert-OH is 1. The summed E-state index contributed by atoms with van der Waals surface area (Å²) in [6.07, 6.45) is 2.04. The van der Waals surface area contributed by atoms with Crippen molar-refractivity contribution in [1.29, 1.82) is 0 Å². The molecule has 1 amide bonds. The van der Waals surface area contributed by atoms with Gasteiger partial charge in [-0.2, -0.15) is 0 Å². The Morgan fingerprint density at radius 2 is 2.25 bits per heavy atom. The lowest BCUT2D eigenvalue weighted by atomic mass is 9.88. The highest BCUT2D eigenvalue weighted by atomic mass is 19.1. The molecule has 1 saturated carbocycles. The number of amides is 1. The standard InChI is InChI=1S/C17H19FN2O4/c1-20(17(22)13-8-9-23-19-13)14-6-3-7-15(16(14)21)24-12-5-2-4-11(18)10-12/h2,4-5,8-10,14-16,21H,3,6-7H2,1H3/t14-,15+,16+/m1/s1. The normalized spacial score (nSPS) is 23.7. The molecule has 7 heteroatoms. The molecule has 1 fully saturated rings. The highest BCUT2D eigenvalue weighted by molar-refractivity contribution is 5.92. The van der Waals surface area contributed by atoms with Crippen molar-refractivity contribution in [2.75, 3.05) is 7.05 Å². The van der Waals surface area contributed by atoms with Crippen LogP contribution in [-0.2, 0) is 0 Å². The van der Waals surface area contributed by atoms with Gasteiger partial charge in [0.2, 0.25) is 0 Å². The van der Waals surface area contributed by atoms with Crippen LogP contribution in [0.2, 0.25) is 0 Å². The minimum Gasteiger partial charge on any atom is -0.488 e. The fourth-order valence-electron chi connectivity index (χ4n) is 3.04. The van der Waals surface area contributed by atoms with Crippen LogP contribution in [0.25, 0.3) is 0 Å². The third kappa shape index (κ3) is 3.41. The maximum Gasteiger partial charge on any atom is 0.276 e. The highest BCUT2D eigenvalue weighted by Gasteiger charge is 2.38. The molecule has 1 aliphatic carbocycles. The van der Waals surface area contributed by atoms with E-state index in [0.29, 0.717) is 18.6 Å². The van der Waals surface area contributed by atoms with E-state index >= 15 is 0 Å². The summed E-state index contributed by atoms with van der Waals surface area (Å²) in [5, 5.41) is 14.3. The fraction of sp³-hybridized carbons (Fsp3) is 0.412. The van der Waals surface area contributed by atoms with Crippen LogP contribution in [0.3, 0.4) is 0 Å². The number of likely N-dealkylation sites (N-methyl/N-ethyl adjacent to an activating group) is 1. The summed E-state index contributed by atoms with van der Waals surface area (Å²) in [4.78, 5) is 13.8. The van der Waals surface area contributed by atoms with Crippen molar-refractivity contribution >= 4 is 5.91 Å². The number of hydrogen-bond acceptors (Lipinski definition) is 5. The van der Waals surface area contributed by atoms with Gasteiger partial charge in [-0.25, -0.2) is 4.39 Å². The van der Waals surface area contributed by atoms with Gasteiger partial charge >= 0.3 is 0 Å². The zero-order valence-electron chi connectivity index (χ0n) is 13.3. The number of hydrogen-bond donors (Lipinski definition) is 1. The van der Waals surface area contributed by atoms with Crippen molar-refractivity contribution in [2.24, 2.45) is 0 Å². The van der Waals surface area contributed by atoms with Gasteiger partial charge in [-0.15, -0.1) is 0 Å². The van der Waals surface area contributed by atoms with Gasteiger partial charge in [0.05, 0.1) is 6.04 Å². The number of halogens is 1. The van der Waals surface area contributed by atoms with Crippen LogP contribution in [0.15, 0.2) is 41.1 Å². The average molecular weight is 334 g/mol. The molecule has 1 aliphatic rings. The summed E-state index contributed by atoms with van der Waals surface area (Å²) in [6.45, 7) is 0. The number of carbonyl (C=O) groups excluding carboxylic acids is 1. The second-order valence-corrected chi connectivity index (χ2v) is 5.90. The SMILES string of the molecule is CN(C(=O)c1ccon1)[C@@H]1CCC[C@H](Oc2cccc(F)c2)[C@H]1O. The van der Waals surface area contributed by atoms with Gasteiger partial charge in [0, 0.05) is 19.2 Å². The van der Waals surface area contributed by atoms with E-state index in [1.54, 1.807) is 19.2 Å². The van der Waals surface area contributed by atoms with E-state index in [0.717, 1.165) is 6.42 Å². The Morgan fingerprint density at radius 1 is 1.42 bits per heavy atom. The van der Waals surface area contributed by atoms with Crippen molar-refractivity contribution in [3.63, 3.8) is 0 Å². The smallest absolute Gasteiger partial charge is 0.276 e. The molecule has 1 N–H and O–H groups in total. The molecule has 0 saturated heterocycles.